The summed E-state index contributed by atoms with van der Waals surface area (Å²) in [6.07, 6.45) is 0.413. The van der Waals surface area contributed by atoms with Gasteiger partial charge >= 0.3 is 6.18 Å². The molecule has 3 rings (SSSR count). The number of nitrogens with zero attached hydrogens (tertiary/aromatic N) is 2. The average Bonchev–Trinajstić information content (AvgIpc) is 2.88. The lowest BCUT2D eigenvalue weighted by atomic mass is 10.1. The van der Waals surface area contributed by atoms with Crippen molar-refractivity contribution in [1.29, 1.82) is 0 Å². The van der Waals surface area contributed by atoms with Gasteiger partial charge in [0.25, 0.3) is 5.91 Å². The van der Waals surface area contributed by atoms with Crippen molar-refractivity contribution in [3.8, 4) is 5.75 Å². The molecule has 0 aliphatic rings. The molecule has 2 aromatic carbocycles. The van der Waals surface area contributed by atoms with Gasteiger partial charge in [0.15, 0.2) is 0 Å². The first-order valence-corrected chi connectivity index (χ1v) is 11.4. The number of aryl methyl sites for hydroxylation is 1. The lowest BCUT2D eigenvalue weighted by molar-refractivity contribution is -0.137. The van der Waals surface area contributed by atoms with Crippen LogP contribution in [0, 0.1) is 6.92 Å². The summed E-state index contributed by atoms with van der Waals surface area (Å²) in [5, 5.41) is 9.86. The van der Waals surface area contributed by atoms with E-state index in [1.165, 1.54) is 11.1 Å². The monoisotopic (exact) mass is 514 g/mol. The summed E-state index contributed by atoms with van der Waals surface area (Å²) >= 11 is 0. The largest absolute Gasteiger partial charge is 0.490 e. The van der Waals surface area contributed by atoms with Gasteiger partial charge in [-0.25, -0.2) is 5.84 Å². The normalized spacial score (nSPS) is 11.7. The van der Waals surface area contributed by atoms with Crippen LogP contribution in [-0.4, -0.2) is 38.1 Å². The molecule has 1 amide bonds. The molecule has 0 radical (unpaired) electrons. The van der Waals surface area contributed by atoms with Crippen molar-refractivity contribution >= 4 is 23.0 Å². The Bertz CT molecular complexity index is 1250. The molecule has 0 aliphatic heterocycles. The predicted molar refractivity (Wildman–Crippen MR) is 138 cm³/mol. The number of ether oxygens (including phenoxy) is 1. The Morgan fingerprint density at radius 2 is 1.92 bits per heavy atom. The van der Waals surface area contributed by atoms with Crippen LogP contribution in [0.1, 0.15) is 27.0 Å². The Labute approximate surface area is 213 Å². The number of amides is 1. The highest BCUT2D eigenvalue weighted by atomic mass is 19.4. The fraction of sp³-hybridized carbons (Fsp3) is 0.231. The van der Waals surface area contributed by atoms with Crippen LogP contribution in [0.15, 0.2) is 67.1 Å². The zero-order chi connectivity index (χ0) is 27.0. The Morgan fingerprint density at radius 1 is 1.14 bits per heavy atom. The van der Waals surface area contributed by atoms with E-state index in [0.717, 1.165) is 23.3 Å². The molecule has 1 heterocycles. The molecule has 196 valence electrons. The number of nitrogens with two attached hydrogens (primary N) is 1. The average molecular weight is 515 g/mol. The minimum absolute atomic E-state index is 0.0865. The minimum Gasteiger partial charge on any atom is -0.490 e. The molecule has 0 spiro atoms. The third-order valence-electron chi connectivity index (χ3n) is 5.42. The number of aromatic nitrogens is 1. The van der Waals surface area contributed by atoms with Gasteiger partial charge in [0.05, 0.1) is 22.6 Å². The molecule has 11 heteroatoms. The molecule has 8 nitrogen and oxygen atoms in total. The van der Waals surface area contributed by atoms with Gasteiger partial charge in [0, 0.05) is 43.3 Å². The molecule has 1 aromatic heterocycles. The lowest BCUT2D eigenvalue weighted by Crippen LogP contribution is -2.27. The van der Waals surface area contributed by atoms with E-state index in [4.69, 9.17) is 10.6 Å². The minimum atomic E-state index is -4.58. The van der Waals surface area contributed by atoms with Crippen molar-refractivity contribution in [2.45, 2.75) is 13.1 Å². The Kier molecular flexibility index (Phi) is 9.10. The van der Waals surface area contributed by atoms with E-state index in [2.05, 4.69) is 20.9 Å². The van der Waals surface area contributed by atoms with Crippen LogP contribution in [0.4, 0.5) is 24.5 Å². The first-order valence-electron chi connectivity index (χ1n) is 11.4. The third kappa shape index (κ3) is 7.21. The van der Waals surface area contributed by atoms with Gasteiger partial charge in [-0.1, -0.05) is 6.07 Å². The summed E-state index contributed by atoms with van der Waals surface area (Å²) < 4.78 is 45.5. The second-order valence-corrected chi connectivity index (χ2v) is 8.06. The molecule has 0 unspecified atom stereocenters. The van der Waals surface area contributed by atoms with Crippen LogP contribution in [0.2, 0.25) is 0 Å². The molecule has 3 aromatic rings. The molecule has 0 saturated heterocycles. The number of benzene rings is 2. The number of hydrazine groups is 1. The molecule has 0 bridgehead atoms. The van der Waals surface area contributed by atoms with Gasteiger partial charge in [-0.15, -0.1) is 0 Å². The van der Waals surface area contributed by atoms with Gasteiger partial charge in [0.2, 0.25) is 0 Å². The van der Waals surface area contributed by atoms with Crippen molar-refractivity contribution in [2.24, 2.45) is 5.84 Å². The number of anilines is 2. The second kappa shape index (κ2) is 12.2. The van der Waals surface area contributed by atoms with Crippen LogP contribution in [-0.2, 0) is 6.18 Å². The van der Waals surface area contributed by atoms with E-state index in [1.54, 1.807) is 57.0 Å². The zero-order valence-electron chi connectivity index (χ0n) is 20.7. The summed E-state index contributed by atoms with van der Waals surface area (Å²) in [5.74, 6) is 5.82. The fourth-order valence-electron chi connectivity index (χ4n) is 3.43. The van der Waals surface area contributed by atoms with Gasteiger partial charge in [-0.2, -0.15) is 13.2 Å². The maximum absolute atomic E-state index is 13.3. The number of halogens is 3. The SMILES string of the molecule is CNCCOc1ccc(C(F)(F)F)cc1NC(=O)c1ccc(C)c(N(N)/C=C(\NC)c2cccnc2)c1. The molecule has 0 fully saturated rings. The Morgan fingerprint density at radius 3 is 2.57 bits per heavy atom. The molecular formula is C26H29F3N6O2. The van der Waals surface area contributed by atoms with Crippen molar-refractivity contribution in [3.05, 3.63) is 89.4 Å². The Hall–Kier alpha value is -4.09. The Balaban J connectivity index is 1.90. The maximum atomic E-state index is 13.3. The first kappa shape index (κ1) is 27.5. The van der Waals surface area contributed by atoms with E-state index in [0.29, 0.717) is 17.9 Å². The highest BCUT2D eigenvalue weighted by Crippen LogP contribution is 2.35. The summed E-state index contributed by atoms with van der Waals surface area (Å²) in [4.78, 5) is 17.2. The standard InChI is InChI=1S/C26H29F3N6O2/c1-17-6-7-18(13-23(17)35(30)16-22(32-3)19-5-4-10-33-15-19)25(36)34-21-14-20(26(27,28)29)8-9-24(21)37-12-11-31-2/h4-10,13-16,31-32H,11-12,30H2,1-3H3,(H,34,36)/b22-16-. The number of rotatable bonds is 10. The lowest BCUT2D eigenvalue weighted by Gasteiger charge is -2.20. The highest BCUT2D eigenvalue weighted by molar-refractivity contribution is 6.05. The molecule has 0 aliphatic carbocycles. The number of nitrogens with one attached hydrogen (secondary N) is 3. The number of pyridine rings is 1. The quantitative estimate of drug-likeness (QED) is 0.183. The topological polar surface area (TPSA) is 105 Å². The van der Waals surface area contributed by atoms with E-state index >= 15 is 0 Å². The van der Waals surface area contributed by atoms with Crippen LogP contribution >= 0.6 is 0 Å². The fourth-order valence-corrected chi connectivity index (χ4v) is 3.43. The van der Waals surface area contributed by atoms with Crippen molar-refractivity contribution < 1.29 is 22.7 Å². The zero-order valence-corrected chi connectivity index (χ0v) is 20.7. The van der Waals surface area contributed by atoms with Crippen molar-refractivity contribution in [2.75, 3.05) is 37.6 Å². The molecule has 0 saturated carbocycles. The van der Waals surface area contributed by atoms with Crippen LogP contribution < -0.4 is 31.5 Å². The number of alkyl halides is 3. The van der Waals surface area contributed by atoms with E-state index in [1.807, 2.05) is 13.0 Å². The smallest absolute Gasteiger partial charge is 0.416 e. The third-order valence-corrected chi connectivity index (χ3v) is 5.42. The summed E-state index contributed by atoms with van der Waals surface area (Å²) in [7, 11) is 3.47. The number of carbonyl (C=O) groups excluding carboxylic acids is 1. The molecule has 37 heavy (non-hydrogen) atoms. The number of hydrogen-bond acceptors (Lipinski definition) is 7. The van der Waals surface area contributed by atoms with E-state index in [9.17, 15) is 18.0 Å². The first-order chi connectivity index (χ1) is 17.6. The second-order valence-electron chi connectivity index (χ2n) is 8.06. The van der Waals surface area contributed by atoms with E-state index in [-0.39, 0.29) is 23.6 Å². The van der Waals surface area contributed by atoms with Gasteiger partial charge in [-0.05, 0) is 62.0 Å². The highest BCUT2D eigenvalue weighted by Gasteiger charge is 2.31. The number of carbonyl (C=O) groups is 1. The number of likely N-dealkylation sites (N-methyl/N-ethyl adjacent to an activating group) is 1. The summed E-state index contributed by atoms with van der Waals surface area (Å²) in [6, 6.07) is 11.5. The predicted octanol–water partition coefficient (Wildman–Crippen LogP) is 4.16. The number of hydrogen-bond donors (Lipinski definition) is 4. The molecule has 5 N–H and O–H groups in total. The van der Waals surface area contributed by atoms with Crippen molar-refractivity contribution in [3.63, 3.8) is 0 Å². The van der Waals surface area contributed by atoms with Crippen LogP contribution in [0.3, 0.4) is 0 Å². The van der Waals surface area contributed by atoms with Crippen LogP contribution in [0.25, 0.3) is 5.70 Å². The molecular weight excluding hydrogens is 485 g/mol. The summed E-state index contributed by atoms with van der Waals surface area (Å²) in [6.45, 7) is 2.51. The van der Waals surface area contributed by atoms with Gasteiger partial charge < -0.3 is 20.7 Å². The van der Waals surface area contributed by atoms with Crippen LogP contribution in [0.5, 0.6) is 5.75 Å². The van der Waals surface area contributed by atoms with E-state index < -0.39 is 17.6 Å². The van der Waals surface area contributed by atoms with Gasteiger partial charge in [-0.3, -0.25) is 14.8 Å². The van der Waals surface area contributed by atoms with Crippen molar-refractivity contribution in [1.82, 2.24) is 15.6 Å². The maximum Gasteiger partial charge on any atom is 0.416 e. The summed E-state index contributed by atoms with van der Waals surface area (Å²) in [5.41, 5.74) is 2.03. The van der Waals surface area contributed by atoms with Gasteiger partial charge in [0.1, 0.15) is 12.4 Å². The molecule has 0 atom stereocenters.